The summed E-state index contributed by atoms with van der Waals surface area (Å²) in [5.41, 5.74) is 2.89. The van der Waals surface area contributed by atoms with E-state index in [1.54, 1.807) is 29.1 Å². The van der Waals surface area contributed by atoms with Crippen molar-refractivity contribution in [2.24, 2.45) is 0 Å². The molecule has 3 aromatic rings. The number of hydrogen-bond donors (Lipinski definition) is 0. The summed E-state index contributed by atoms with van der Waals surface area (Å²) in [6, 6.07) is 11.1. The molecule has 2 aliphatic rings. The number of benzene rings is 1. The van der Waals surface area contributed by atoms with Crippen molar-refractivity contribution in [2.75, 3.05) is 30.0 Å². The van der Waals surface area contributed by atoms with Crippen LogP contribution < -0.4 is 14.5 Å². The molecule has 0 radical (unpaired) electrons. The van der Waals surface area contributed by atoms with Crippen molar-refractivity contribution in [3.8, 4) is 11.4 Å². The molecule has 1 amide bonds. The third kappa shape index (κ3) is 3.10. The zero-order chi connectivity index (χ0) is 20.0. The number of hydrogen-bond acceptors (Lipinski definition) is 5. The third-order valence-electron chi connectivity index (χ3n) is 5.41. The molecular weight excluding hydrogens is 373 g/mol. The summed E-state index contributed by atoms with van der Waals surface area (Å²) >= 11 is 0. The molecule has 148 valence electrons. The Morgan fingerprint density at radius 1 is 1.14 bits per heavy atom. The Bertz CT molecular complexity index is 1050. The average molecular weight is 393 g/mol. The Morgan fingerprint density at radius 3 is 2.55 bits per heavy atom. The highest BCUT2D eigenvalue weighted by molar-refractivity contribution is 6.09. The molecule has 0 aliphatic carbocycles. The number of ether oxygens (including phenoxy) is 1. The van der Waals surface area contributed by atoms with Crippen LogP contribution in [0.3, 0.4) is 0 Å². The second-order valence-corrected chi connectivity index (χ2v) is 7.23. The van der Waals surface area contributed by atoms with Gasteiger partial charge in [-0.1, -0.05) is 0 Å². The molecule has 4 heterocycles. The van der Waals surface area contributed by atoms with E-state index in [-0.39, 0.29) is 5.91 Å². The first-order valence-corrected chi connectivity index (χ1v) is 9.52. The maximum absolute atomic E-state index is 13.4. The van der Waals surface area contributed by atoms with Gasteiger partial charge >= 0.3 is 0 Å². The smallest absolute Gasteiger partial charge is 0.262 e. The molecule has 0 saturated carbocycles. The maximum Gasteiger partial charge on any atom is 0.262 e. The van der Waals surface area contributed by atoms with Gasteiger partial charge in [0.25, 0.3) is 5.91 Å². The van der Waals surface area contributed by atoms with Gasteiger partial charge in [0.2, 0.25) is 0 Å². The van der Waals surface area contributed by atoms with Crippen molar-refractivity contribution in [1.82, 2.24) is 14.8 Å². The number of aromatic nitrogens is 3. The van der Waals surface area contributed by atoms with E-state index in [1.807, 2.05) is 41.3 Å². The van der Waals surface area contributed by atoms with Gasteiger partial charge in [-0.3, -0.25) is 4.79 Å². The lowest BCUT2D eigenvalue weighted by atomic mass is 10.2. The van der Waals surface area contributed by atoms with Gasteiger partial charge in [0.05, 0.1) is 43.3 Å². The van der Waals surface area contributed by atoms with Crippen molar-refractivity contribution < 1.29 is 13.9 Å². The Labute approximate surface area is 167 Å². The molecule has 0 spiro atoms. The number of amides is 1. The molecule has 0 bridgehead atoms. The van der Waals surface area contributed by atoms with Gasteiger partial charge in [-0.2, -0.15) is 5.10 Å². The summed E-state index contributed by atoms with van der Waals surface area (Å²) in [4.78, 5) is 20.9. The number of halogens is 1. The summed E-state index contributed by atoms with van der Waals surface area (Å²) < 4.78 is 20.2. The minimum atomic E-state index is -0.787. The van der Waals surface area contributed by atoms with Crippen molar-refractivity contribution in [3.63, 3.8) is 0 Å². The SMILES string of the molecule is COc1ccc(N2Cc3nn(-c4ccc(N5CC[C@H](F)C5)nc4)cc3C2=O)cc1. The number of fused-ring (bicyclic) bond motifs is 1. The minimum Gasteiger partial charge on any atom is -0.497 e. The fraction of sp³-hybridized carbons (Fsp3) is 0.286. The molecule has 1 saturated heterocycles. The fourth-order valence-corrected chi connectivity index (χ4v) is 3.80. The molecule has 8 heteroatoms. The number of anilines is 2. The summed E-state index contributed by atoms with van der Waals surface area (Å²) in [5.74, 6) is 1.43. The number of alkyl halides is 1. The second kappa shape index (κ2) is 6.88. The van der Waals surface area contributed by atoms with Crippen LogP contribution in [0.15, 0.2) is 48.8 Å². The second-order valence-electron chi connectivity index (χ2n) is 7.23. The van der Waals surface area contributed by atoms with Crippen LogP contribution in [0, 0.1) is 0 Å². The number of nitrogens with zero attached hydrogens (tertiary/aromatic N) is 5. The summed E-state index contributed by atoms with van der Waals surface area (Å²) in [5, 5.41) is 4.58. The molecule has 7 nitrogen and oxygen atoms in total. The number of carbonyl (C=O) groups is 1. The normalized spacial score (nSPS) is 18.4. The van der Waals surface area contributed by atoms with Gasteiger partial charge in [0, 0.05) is 18.4 Å². The first kappa shape index (κ1) is 17.7. The summed E-state index contributed by atoms with van der Waals surface area (Å²) in [6.07, 6.45) is 3.20. The Hall–Kier alpha value is -3.42. The van der Waals surface area contributed by atoms with E-state index >= 15 is 0 Å². The minimum absolute atomic E-state index is 0.0768. The van der Waals surface area contributed by atoms with Crippen LogP contribution >= 0.6 is 0 Å². The molecule has 29 heavy (non-hydrogen) atoms. The number of carbonyl (C=O) groups excluding carboxylic acids is 1. The first-order valence-electron chi connectivity index (χ1n) is 9.52. The van der Waals surface area contributed by atoms with Crippen LogP contribution in [0.1, 0.15) is 22.5 Å². The summed E-state index contributed by atoms with van der Waals surface area (Å²) in [7, 11) is 1.61. The highest BCUT2D eigenvalue weighted by Crippen LogP contribution is 2.29. The Balaban J connectivity index is 1.34. The Morgan fingerprint density at radius 2 is 1.93 bits per heavy atom. The van der Waals surface area contributed by atoms with Crippen LogP contribution in [-0.4, -0.2) is 47.0 Å². The van der Waals surface area contributed by atoms with E-state index in [4.69, 9.17) is 4.74 Å². The fourth-order valence-electron chi connectivity index (χ4n) is 3.80. The highest BCUT2D eigenvalue weighted by atomic mass is 19.1. The van der Waals surface area contributed by atoms with Gasteiger partial charge in [-0.05, 0) is 42.8 Å². The zero-order valence-electron chi connectivity index (χ0n) is 16.0. The lowest BCUT2D eigenvalue weighted by molar-refractivity contribution is 0.0996. The van der Waals surface area contributed by atoms with E-state index in [2.05, 4.69) is 10.1 Å². The zero-order valence-corrected chi connectivity index (χ0v) is 16.0. The molecule has 0 N–H and O–H groups in total. The Kier molecular flexibility index (Phi) is 4.19. The van der Waals surface area contributed by atoms with E-state index in [0.717, 1.165) is 28.6 Å². The van der Waals surface area contributed by atoms with Crippen LogP contribution in [0.2, 0.25) is 0 Å². The molecule has 1 atom stereocenters. The number of methoxy groups -OCH3 is 1. The lowest BCUT2D eigenvalue weighted by Gasteiger charge is -2.17. The van der Waals surface area contributed by atoms with Gasteiger partial charge in [0.15, 0.2) is 0 Å². The van der Waals surface area contributed by atoms with Crippen molar-refractivity contribution in [2.45, 2.75) is 19.1 Å². The maximum atomic E-state index is 13.4. The van der Waals surface area contributed by atoms with Gasteiger partial charge < -0.3 is 14.5 Å². The number of pyridine rings is 1. The molecule has 1 fully saturated rings. The lowest BCUT2D eigenvalue weighted by Crippen LogP contribution is -2.23. The third-order valence-corrected chi connectivity index (χ3v) is 5.41. The predicted octanol–water partition coefficient (Wildman–Crippen LogP) is 2.98. The monoisotopic (exact) mass is 393 g/mol. The quantitative estimate of drug-likeness (QED) is 0.682. The van der Waals surface area contributed by atoms with E-state index in [0.29, 0.717) is 31.6 Å². The van der Waals surface area contributed by atoms with Crippen molar-refractivity contribution >= 4 is 17.4 Å². The van der Waals surface area contributed by atoms with Crippen molar-refractivity contribution in [3.05, 3.63) is 60.0 Å². The van der Waals surface area contributed by atoms with Gasteiger partial charge in [0.1, 0.15) is 17.7 Å². The molecule has 0 unspecified atom stereocenters. The molecule has 5 rings (SSSR count). The van der Waals surface area contributed by atoms with E-state index < -0.39 is 6.17 Å². The van der Waals surface area contributed by atoms with E-state index in [9.17, 15) is 9.18 Å². The van der Waals surface area contributed by atoms with Gasteiger partial charge in [-0.25, -0.2) is 14.1 Å². The molecule has 1 aromatic carbocycles. The molecular formula is C21H20FN5O2. The number of rotatable bonds is 4. The summed E-state index contributed by atoms with van der Waals surface area (Å²) in [6.45, 7) is 1.49. The van der Waals surface area contributed by atoms with Crippen LogP contribution in [-0.2, 0) is 6.54 Å². The average Bonchev–Trinajstić information content (AvgIpc) is 3.45. The standard InChI is InChI=1S/C21H20FN5O2/c1-29-17-5-2-15(3-6-17)26-13-19-18(21(26)28)12-27(24-19)16-4-7-20(23-10-16)25-9-8-14(22)11-25/h2-7,10,12,14H,8-9,11,13H2,1H3/t14-/m0/s1. The highest BCUT2D eigenvalue weighted by Gasteiger charge is 2.32. The molecule has 2 aromatic heterocycles. The predicted molar refractivity (Wildman–Crippen MR) is 107 cm³/mol. The first-order chi connectivity index (χ1) is 14.1. The van der Waals surface area contributed by atoms with Gasteiger partial charge in [-0.15, -0.1) is 0 Å². The van der Waals surface area contributed by atoms with E-state index in [1.165, 1.54) is 0 Å². The van der Waals surface area contributed by atoms with Crippen LogP contribution in [0.4, 0.5) is 15.9 Å². The molecule has 2 aliphatic heterocycles. The van der Waals surface area contributed by atoms with Crippen LogP contribution in [0.25, 0.3) is 5.69 Å². The largest absolute Gasteiger partial charge is 0.497 e. The topological polar surface area (TPSA) is 63.5 Å². The van der Waals surface area contributed by atoms with Crippen molar-refractivity contribution in [1.29, 1.82) is 0 Å². The van der Waals surface area contributed by atoms with Crippen LogP contribution in [0.5, 0.6) is 5.75 Å².